The summed E-state index contributed by atoms with van der Waals surface area (Å²) in [6, 6.07) is 5.69. The van der Waals surface area contributed by atoms with Crippen molar-refractivity contribution in [3.63, 3.8) is 0 Å². The molecule has 19 heteroatoms. The Hall–Kier alpha value is -4.00. The predicted molar refractivity (Wildman–Crippen MR) is 176 cm³/mol. The molecule has 1 fully saturated rings. The van der Waals surface area contributed by atoms with Gasteiger partial charge in [0.1, 0.15) is 42.0 Å². The molecule has 5 rings (SSSR count). The molecule has 1 aliphatic heterocycles. The lowest BCUT2D eigenvalue weighted by molar-refractivity contribution is -0.115. The SMILES string of the molecule is CCC(=O)Nc1nc2c(ncn2[C@@H]2O[C@H](COP(=O)(O)OCc3cc(=O)c4ccc(OC)cc4o3)[C@@H](O)[C@H]2O)c(=O)[nH]1.CCN(CC)CC. The highest BCUT2D eigenvalue weighted by molar-refractivity contribution is 7.47. The van der Waals surface area contributed by atoms with E-state index in [0.29, 0.717) is 5.75 Å². The van der Waals surface area contributed by atoms with E-state index in [2.05, 4.69) is 45.9 Å². The number of aliphatic hydroxyl groups is 2. The maximum absolute atomic E-state index is 12.5. The van der Waals surface area contributed by atoms with Crippen molar-refractivity contribution in [3.05, 3.63) is 56.9 Å². The molecule has 1 aliphatic rings. The highest BCUT2D eigenvalue weighted by atomic mass is 31.2. The molecule has 268 valence electrons. The molecule has 0 saturated carbocycles. The number of ether oxygens (including phenoxy) is 2. The lowest BCUT2D eigenvalue weighted by Gasteiger charge is -2.17. The van der Waals surface area contributed by atoms with Gasteiger partial charge in [-0.05, 0) is 31.8 Å². The minimum atomic E-state index is -4.77. The van der Waals surface area contributed by atoms with Gasteiger partial charge < -0.3 is 33.9 Å². The van der Waals surface area contributed by atoms with E-state index in [0.717, 1.165) is 12.4 Å². The number of nitrogens with zero attached hydrogens (tertiary/aromatic N) is 4. The van der Waals surface area contributed by atoms with Gasteiger partial charge in [0.2, 0.25) is 11.9 Å². The number of phosphoric acid groups is 1. The first-order valence-corrected chi connectivity index (χ1v) is 17.1. The van der Waals surface area contributed by atoms with Crippen LogP contribution >= 0.6 is 7.82 Å². The highest BCUT2D eigenvalue weighted by Gasteiger charge is 2.45. The van der Waals surface area contributed by atoms with Crippen LogP contribution in [0.5, 0.6) is 5.75 Å². The van der Waals surface area contributed by atoms with Gasteiger partial charge in [-0.25, -0.2) is 9.55 Å². The Balaban J connectivity index is 0.000000698. The summed E-state index contributed by atoms with van der Waals surface area (Å²) in [4.78, 5) is 59.5. The predicted octanol–water partition coefficient (Wildman–Crippen LogP) is 1.88. The summed E-state index contributed by atoms with van der Waals surface area (Å²) in [5.41, 5.74) is -1.08. The molecular formula is C30H41N6O12P. The molecule has 18 nitrogen and oxygen atoms in total. The van der Waals surface area contributed by atoms with Crippen LogP contribution in [0.15, 0.2) is 44.6 Å². The second-order valence-electron chi connectivity index (χ2n) is 10.8. The molecule has 0 bridgehead atoms. The van der Waals surface area contributed by atoms with Gasteiger partial charge in [0, 0.05) is 18.6 Å². The van der Waals surface area contributed by atoms with Crippen LogP contribution < -0.4 is 21.0 Å². The molecular weight excluding hydrogens is 667 g/mol. The van der Waals surface area contributed by atoms with Gasteiger partial charge in [-0.1, -0.05) is 27.7 Å². The van der Waals surface area contributed by atoms with Gasteiger partial charge in [0.05, 0.1) is 25.4 Å². The average Bonchev–Trinajstić information content (AvgIpc) is 3.63. The van der Waals surface area contributed by atoms with E-state index in [1.54, 1.807) is 13.0 Å². The molecule has 5 atom stereocenters. The number of carbonyl (C=O) groups excluding carboxylic acids is 1. The third kappa shape index (κ3) is 9.17. The quantitative estimate of drug-likeness (QED) is 0.125. The van der Waals surface area contributed by atoms with Gasteiger partial charge in [-0.3, -0.25) is 38.3 Å². The largest absolute Gasteiger partial charge is 0.497 e. The van der Waals surface area contributed by atoms with Crippen molar-refractivity contribution in [2.24, 2.45) is 0 Å². The van der Waals surface area contributed by atoms with Crippen LogP contribution in [0.1, 0.15) is 46.1 Å². The molecule has 4 aromatic rings. The second kappa shape index (κ2) is 16.6. The lowest BCUT2D eigenvalue weighted by Crippen LogP contribution is -2.33. The Morgan fingerprint density at radius 1 is 1.10 bits per heavy atom. The van der Waals surface area contributed by atoms with Crippen LogP contribution in [-0.2, 0) is 29.8 Å². The third-order valence-electron chi connectivity index (χ3n) is 7.72. The molecule has 0 radical (unpaired) electrons. The molecule has 4 heterocycles. The first-order chi connectivity index (χ1) is 23.3. The number of carbonyl (C=O) groups is 1. The van der Waals surface area contributed by atoms with Crippen LogP contribution in [0, 0.1) is 0 Å². The van der Waals surface area contributed by atoms with Crippen LogP contribution in [0.3, 0.4) is 0 Å². The monoisotopic (exact) mass is 708 g/mol. The van der Waals surface area contributed by atoms with Crippen molar-refractivity contribution in [2.45, 2.75) is 65.3 Å². The molecule has 1 unspecified atom stereocenters. The second-order valence-corrected chi connectivity index (χ2v) is 12.2. The number of imidazole rings is 1. The standard InChI is InChI=1S/C24H26N5O12P.C6H15N/c1-3-17(31)26-24-27-21-18(22(34)28-24)25-10-29(21)23-20(33)19(32)16(41-23)9-39-42(35,36)38-8-12-6-14(30)13-5-4-11(37-2)7-15(13)40-12;1-4-7(5-2)6-3/h4-7,10,16,19-20,23,32-33H,3,8-9H2,1-2H3,(H,35,36)(H2,26,27,28,31,34);4-6H2,1-3H3/t16-,19-,20-,23-;/m1./s1. The first-order valence-electron chi connectivity index (χ1n) is 15.6. The minimum Gasteiger partial charge on any atom is -0.497 e. The summed E-state index contributed by atoms with van der Waals surface area (Å²) in [6.07, 6.45) is -4.56. The van der Waals surface area contributed by atoms with E-state index in [1.165, 1.54) is 43.4 Å². The van der Waals surface area contributed by atoms with Crippen LogP contribution in [0.2, 0.25) is 0 Å². The van der Waals surface area contributed by atoms with Gasteiger partial charge >= 0.3 is 7.82 Å². The summed E-state index contributed by atoms with van der Waals surface area (Å²) in [6.45, 7) is 10.4. The zero-order valence-corrected chi connectivity index (χ0v) is 28.6. The number of fused-ring (bicyclic) bond motifs is 2. The molecule has 0 aliphatic carbocycles. The van der Waals surface area contributed by atoms with Crippen molar-refractivity contribution in [3.8, 4) is 5.75 Å². The first kappa shape index (κ1) is 37.8. The topological polar surface area (TPSA) is 241 Å². The number of nitrogens with one attached hydrogen (secondary N) is 2. The molecule has 1 amide bonds. The minimum absolute atomic E-state index is 0.0600. The fourth-order valence-corrected chi connectivity index (χ4v) is 5.59. The molecule has 1 saturated heterocycles. The van der Waals surface area contributed by atoms with Crippen LogP contribution in [0.25, 0.3) is 22.1 Å². The normalized spacial score (nSPS) is 20.3. The summed E-state index contributed by atoms with van der Waals surface area (Å²) >= 11 is 0. The molecule has 5 N–H and O–H groups in total. The van der Waals surface area contributed by atoms with Gasteiger partial charge in [-0.2, -0.15) is 4.98 Å². The number of hydrogen-bond acceptors (Lipinski definition) is 14. The number of methoxy groups -OCH3 is 1. The smallest absolute Gasteiger partial charge is 0.472 e. The number of aliphatic hydroxyl groups excluding tert-OH is 2. The van der Waals surface area contributed by atoms with Crippen molar-refractivity contribution < 1.29 is 47.4 Å². The van der Waals surface area contributed by atoms with E-state index in [1.807, 2.05) is 0 Å². The Morgan fingerprint density at radius 3 is 2.45 bits per heavy atom. The number of anilines is 1. The number of rotatable bonds is 13. The Bertz CT molecular complexity index is 1900. The summed E-state index contributed by atoms with van der Waals surface area (Å²) in [5, 5.41) is 23.9. The van der Waals surface area contributed by atoms with Crippen molar-refractivity contribution in [1.29, 1.82) is 0 Å². The number of phosphoric ester groups is 1. The summed E-state index contributed by atoms with van der Waals surface area (Å²) in [7, 11) is -3.33. The summed E-state index contributed by atoms with van der Waals surface area (Å²) in [5.74, 6) is -0.193. The van der Waals surface area contributed by atoms with Gasteiger partial charge in [0.25, 0.3) is 5.56 Å². The van der Waals surface area contributed by atoms with Crippen LogP contribution in [0.4, 0.5) is 5.95 Å². The van der Waals surface area contributed by atoms with E-state index < -0.39 is 62.5 Å². The fourth-order valence-electron chi connectivity index (χ4n) is 4.89. The van der Waals surface area contributed by atoms with Crippen molar-refractivity contribution in [2.75, 3.05) is 38.7 Å². The van der Waals surface area contributed by atoms with E-state index in [-0.39, 0.29) is 40.3 Å². The zero-order valence-electron chi connectivity index (χ0n) is 27.7. The third-order valence-corrected chi connectivity index (χ3v) is 8.65. The number of H-pyrrole nitrogens is 1. The number of amides is 1. The number of benzene rings is 1. The van der Waals surface area contributed by atoms with Crippen molar-refractivity contribution >= 4 is 41.8 Å². The van der Waals surface area contributed by atoms with Crippen LogP contribution in [-0.4, -0.2) is 97.1 Å². The Kier molecular flexibility index (Phi) is 12.8. The van der Waals surface area contributed by atoms with E-state index in [9.17, 15) is 34.1 Å². The Morgan fingerprint density at radius 2 is 1.82 bits per heavy atom. The number of aromatic nitrogens is 4. The van der Waals surface area contributed by atoms with Gasteiger partial charge in [0.15, 0.2) is 22.8 Å². The lowest BCUT2D eigenvalue weighted by atomic mass is 10.1. The Labute approximate surface area is 280 Å². The molecule has 49 heavy (non-hydrogen) atoms. The molecule has 1 aromatic carbocycles. The maximum atomic E-state index is 12.5. The number of aromatic amines is 1. The summed E-state index contributed by atoms with van der Waals surface area (Å²) < 4.78 is 40.0. The number of hydrogen-bond donors (Lipinski definition) is 5. The average molecular weight is 709 g/mol. The highest BCUT2D eigenvalue weighted by Crippen LogP contribution is 2.45. The maximum Gasteiger partial charge on any atom is 0.472 e. The fraction of sp³-hybridized carbons (Fsp3) is 0.500. The molecule has 0 spiro atoms. The van der Waals surface area contributed by atoms with Crippen molar-refractivity contribution in [1.82, 2.24) is 24.4 Å². The van der Waals surface area contributed by atoms with E-state index >= 15 is 0 Å². The van der Waals surface area contributed by atoms with Gasteiger partial charge in [-0.15, -0.1) is 0 Å². The van der Waals surface area contributed by atoms with E-state index in [4.69, 9.17) is 22.9 Å². The molecule has 3 aromatic heterocycles. The zero-order chi connectivity index (χ0) is 35.9.